The van der Waals surface area contributed by atoms with E-state index in [1.165, 1.54) is 12.1 Å². The quantitative estimate of drug-likeness (QED) is 0.427. The number of aromatic nitrogens is 2. The van der Waals surface area contributed by atoms with E-state index in [0.717, 1.165) is 5.56 Å². The van der Waals surface area contributed by atoms with Gasteiger partial charge < -0.3 is 35.6 Å². The zero-order valence-electron chi connectivity index (χ0n) is 22.2. The molecule has 40 heavy (non-hydrogen) atoms. The van der Waals surface area contributed by atoms with Crippen LogP contribution in [0.15, 0.2) is 48.5 Å². The van der Waals surface area contributed by atoms with Crippen molar-refractivity contribution in [2.45, 2.75) is 6.92 Å². The summed E-state index contributed by atoms with van der Waals surface area (Å²) in [6.07, 6.45) is 0. The van der Waals surface area contributed by atoms with E-state index in [0.29, 0.717) is 92.4 Å². The van der Waals surface area contributed by atoms with E-state index in [1.54, 1.807) is 41.3 Å². The molecule has 0 spiro atoms. The van der Waals surface area contributed by atoms with Crippen molar-refractivity contribution in [3.63, 3.8) is 0 Å². The van der Waals surface area contributed by atoms with Crippen molar-refractivity contribution in [2.24, 2.45) is 5.73 Å². The van der Waals surface area contributed by atoms with Gasteiger partial charge in [0.2, 0.25) is 5.91 Å². The molecule has 2 aromatic carbocycles. The van der Waals surface area contributed by atoms with E-state index in [2.05, 4.69) is 15.5 Å². The lowest BCUT2D eigenvalue weighted by molar-refractivity contribution is 0.0298. The van der Waals surface area contributed by atoms with Crippen LogP contribution in [0.1, 0.15) is 26.4 Å². The van der Waals surface area contributed by atoms with Gasteiger partial charge in [0.05, 0.1) is 26.4 Å². The fourth-order valence-corrected chi connectivity index (χ4v) is 4.56. The van der Waals surface area contributed by atoms with Gasteiger partial charge in [-0.1, -0.05) is 0 Å². The van der Waals surface area contributed by atoms with Gasteiger partial charge in [0.1, 0.15) is 11.5 Å². The Labute approximate surface area is 231 Å². The molecule has 4 N–H and O–H groups in total. The van der Waals surface area contributed by atoms with Crippen molar-refractivity contribution in [1.82, 2.24) is 14.9 Å². The van der Waals surface area contributed by atoms with Crippen LogP contribution < -0.4 is 21.3 Å². The predicted octanol–water partition coefficient (Wildman–Crippen LogP) is 2.50. The predicted molar refractivity (Wildman–Crippen MR) is 150 cm³/mol. The summed E-state index contributed by atoms with van der Waals surface area (Å²) in [5, 5.41) is 5.48. The topological polar surface area (TPSA) is 152 Å². The molecule has 208 valence electrons. The van der Waals surface area contributed by atoms with E-state index in [1.807, 2.05) is 6.92 Å². The van der Waals surface area contributed by atoms with Crippen LogP contribution in [0, 0.1) is 6.92 Å². The summed E-state index contributed by atoms with van der Waals surface area (Å²) in [7, 11) is 0. The highest BCUT2D eigenvalue weighted by Gasteiger charge is 2.27. The standard InChI is InChI=1S/C28H31N7O5/c1-18-23(27(37)35-12-16-40-17-13-35)32-25(33-26(18)34-10-14-39-15-11-34)20-4-8-22(9-5-20)31-28(38)30-21-6-2-19(3-7-21)24(29)36/h2-9H,10-17H2,1H3,(H2,29,36)(H2,30,31,38). The Morgan fingerprint density at radius 2 is 1.35 bits per heavy atom. The monoisotopic (exact) mass is 545 g/mol. The smallest absolute Gasteiger partial charge is 0.323 e. The summed E-state index contributed by atoms with van der Waals surface area (Å²) < 4.78 is 10.9. The molecule has 0 atom stereocenters. The first-order chi connectivity index (χ1) is 19.4. The molecule has 0 unspecified atom stereocenters. The second kappa shape index (κ2) is 12.1. The Balaban J connectivity index is 1.36. The van der Waals surface area contributed by atoms with Gasteiger partial charge in [0.25, 0.3) is 5.91 Å². The van der Waals surface area contributed by atoms with E-state index >= 15 is 0 Å². The number of anilines is 3. The van der Waals surface area contributed by atoms with Crippen LogP contribution in [0.2, 0.25) is 0 Å². The van der Waals surface area contributed by atoms with Gasteiger partial charge in [0.15, 0.2) is 5.82 Å². The summed E-state index contributed by atoms with van der Waals surface area (Å²) in [6.45, 7) is 6.43. The Morgan fingerprint density at radius 1 is 0.800 bits per heavy atom. The molecule has 2 aliphatic rings. The molecular formula is C28H31N7O5. The van der Waals surface area contributed by atoms with Crippen molar-refractivity contribution in [3.8, 4) is 11.4 Å². The van der Waals surface area contributed by atoms with E-state index in [4.69, 9.17) is 25.2 Å². The average Bonchev–Trinajstić information content (AvgIpc) is 2.98. The third-order valence-electron chi connectivity index (χ3n) is 6.76. The van der Waals surface area contributed by atoms with Crippen molar-refractivity contribution < 1.29 is 23.9 Å². The average molecular weight is 546 g/mol. The summed E-state index contributed by atoms with van der Waals surface area (Å²) >= 11 is 0. The van der Waals surface area contributed by atoms with Gasteiger partial charge in [0, 0.05) is 54.2 Å². The van der Waals surface area contributed by atoms with Gasteiger partial charge in [-0.05, 0) is 55.5 Å². The first kappa shape index (κ1) is 27.0. The number of carbonyl (C=O) groups is 3. The second-order valence-electron chi connectivity index (χ2n) is 9.45. The SMILES string of the molecule is Cc1c(C(=O)N2CCOCC2)nc(-c2ccc(NC(=O)Nc3ccc(C(N)=O)cc3)cc2)nc1N1CCOCC1. The lowest BCUT2D eigenvalue weighted by Gasteiger charge is -2.31. The molecular weight excluding hydrogens is 514 g/mol. The van der Waals surface area contributed by atoms with Gasteiger partial charge in [-0.15, -0.1) is 0 Å². The van der Waals surface area contributed by atoms with Crippen LogP contribution in [0.4, 0.5) is 22.0 Å². The van der Waals surface area contributed by atoms with Gasteiger partial charge in [-0.3, -0.25) is 9.59 Å². The molecule has 2 fully saturated rings. The molecule has 3 heterocycles. The van der Waals surface area contributed by atoms with Crippen LogP contribution in [0.5, 0.6) is 0 Å². The molecule has 2 saturated heterocycles. The number of nitrogens with one attached hydrogen (secondary N) is 2. The largest absolute Gasteiger partial charge is 0.378 e. The lowest BCUT2D eigenvalue weighted by Crippen LogP contribution is -2.42. The minimum atomic E-state index is -0.539. The highest BCUT2D eigenvalue weighted by molar-refractivity contribution is 6.00. The molecule has 0 bridgehead atoms. The minimum Gasteiger partial charge on any atom is -0.378 e. The number of nitrogens with two attached hydrogens (primary N) is 1. The van der Waals surface area contributed by atoms with Crippen molar-refractivity contribution in [1.29, 1.82) is 0 Å². The molecule has 0 aliphatic carbocycles. The number of hydrogen-bond acceptors (Lipinski definition) is 8. The number of primary amides is 1. The van der Waals surface area contributed by atoms with E-state index in [9.17, 15) is 14.4 Å². The Bertz CT molecular complexity index is 1380. The number of rotatable bonds is 6. The lowest BCUT2D eigenvalue weighted by atomic mass is 10.1. The molecule has 12 nitrogen and oxygen atoms in total. The zero-order valence-corrected chi connectivity index (χ0v) is 22.2. The zero-order chi connectivity index (χ0) is 28.1. The number of ether oxygens (including phenoxy) is 2. The third-order valence-corrected chi connectivity index (χ3v) is 6.76. The highest BCUT2D eigenvalue weighted by Crippen LogP contribution is 2.27. The number of amides is 4. The van der Waals surface area contributed by atoms with Gasteiger partial charge >= 0.3 is 6.03 Å². The Kier molecular flexibility index (Phi) is 8.18. The second-order valence-corrected chi connectivity index (χ2v) is 9.45. The number of carbonyl (C=O) groups excluding carboxylic acids is 3. The fourth-order valence-electron chi connectivity index (χ4n) is 4.56. The third kappa shape index (κ3) is 6.19. The molecule has 2 aliphatic heterocycles. The molecule has 12 heteroatoms. The molecule has 1 aromatic heterocycles. The summed E-state index contributed by atoms with van der Waals surface area (Å²) in [6, 6.07) is 12.9. The summed E-state index contributed by atoms with van der Waals surface area (Å²) in [4.78, 5) is 50.6. The summed E-state index contributed by atoms with van der Waals surface area (Å²) in [5.41, 5.74) is 8.49. The number of benzene rings is 2. The molecule has 0 saturated carbocycles. The minimum absolute atomic E-state index is 0.141. The van der Waals surface area contributed by atoms with E-state index < -0.39 is 11.9 Å². The maximum atomic E-state index is 13.5. The number of hydrogen-bond donors (Lipinski definition) is 3. The van der Waals surface area contributed by atoms with Crippen molar-refractivity contribution >= 4 is 35.0 Å². The van der Waals surface area contributed by atoms with Crippen molar-refractivity contribution in [2.75, 3.05) is 68.1 Å². The first-order valence-corrected chi connectivity index (χ1v) is 13.1. The van der Waals surface area contributed by atoms with Crippen molar-refractivity contribution in [3.05, 3.63) is 65.4 Å². The summed E-state index contributed by atoms with van der Waals surface area (Å²) in [5.74, 6) is 0.462. The fraction of sp³-hybridized carbons (Fsp3) is 0.321. The number of urea groups is 1. The Morgan fingerprint density at radius 3 is 1.93 bits per heavy atom. The molecule has 0 radical (unpaired) electrons. The number of morpholine rings is 2. The highest BCUT2D eigenvalue weighted by atomic mass is 16.5. The van der Waals surface area contributed by atoms with Crippen LogP contribution in [-0.2, 0) is 9.47 Å². The van der Waals surface area contributed by atoms with Crippen LogP contribution in [0.25, 0.3) is 11.4 Å². The maximum Gasteiger partial charge on any atom is 0.323 e. The van der Waals surface area contributed by atoms with Gasteiger partial charge in [-0.25, -0.2) is 14.8 Å². The molecule has 5 rings (SSSR count). The normalized spacial score (nSPS) is 15.4. The Hall–Kier alpha value is -4.55. The molecule has 3 aromatic rings. The number of nitrogens with zero attached hydrogens (tertiary/aromatic N) is 4. The maximum absolute atomic E-state index is 13.5. The van der Waals surface area contributed by atoms with E-state index in [-0.39, 0.29) is 5.91 Å². The van der Waals surface area contributed by atoms with Crippen LogP contribution in [-0.4, -0.2) is 85.3 Å². The first-order valence-electron chi connectivity index (χ1n) is 13.1. The van der Waals surface area contributed by atoms with Crippen LogP contribution in [0.3, 0.4) is 0 Å². The van der Waals surface area contributed by atoms with Gasteiger partial charge in [-0.2, -0.15) is 0 Å². The van der Waals surface area contributed by atoms with Crippen LogP contribution >= 0.6 is 0 Å². The molecule has 4 amide bonds.